The Hall–Kier alpha value is -0.900. The molecule has 0 aliphatic rings. The lowest BCUT2D eigenvalue weighted by Gasteiger charge is -1.93. The normalized spacial score (nSPS) is 10.6. The molecule has 0 saturated carbocycles. The van der Waals surface area contributed by atoms with Gasteiger partial charge in [0.05, 0.1) is 6.54 Å². The summed E-state index contributed by atoms with van der Waals surface area (Å²) < 4.78 is 5.40. The average Bonchev–Trinajstić information content (AvgIpc) is 2.59. The van der Waals surface area contributed by atoms with E-state index in [2.05, 4.69) is 22.4 Å². The third-order valence-corrected chi connectivity index (χ3v) is 1.78. The maximum Gasteiger partial charge on any atom is 0.230 e. The largest absolute Gasteiger partial charge is 0.424 e. The quantitative estimate of drug-likeness (QED) is 0.726. The molecule has 74 valence electrons. The number of hydrogen-bond donors (Lipinski definition) is 1. The first-order valence-corrected chi connectivity index (χ1v) is 4.88. The summed E-state index contributed by atoms with van der Waals surface area (Å²) in [5.41, 5.74) is 0. The van der Waals surface area contributed by atoms with Crippen LogP contribution >= 0.6 is 0 Å². The number of aryl methyl sites for hydroxylation is 1. The van der Waals surface area contributed by atoms with Gasteiger partial charge in [-0.1, -0.05) is 20.3 Å². The van der Waals surface area contributed by atoms with Gasteiger partial charge in [0.2, 0.25) is 11.8 Å². The highest BCUT2D eigenvalue weighted by atomic mass is 16.4. The number of hydrogen-bond acceptors (Lipinski definition) is 4. The molecular formula is C9H17N3O. The number of rotatable bonds is 6. The number of nitrogens with one attached hydrogen (secondary N) is 1. The van der Waals surface area contributed by atoms with Gasteiger partial charge in [0.15, 0.2) is 0 Å². The lowest BCUT2D eigenvalue weighted by atomic mass is 10.2. The minimum Gasteiger partial charge on any atom is -0.424 e. The molecule has 1 N–H and O–H groups in total. The van der Waals surface area contributed by atoms with Crippen LogP contribution < -0.4 is 5.32 Å². The summed E-state index contributed by atoms with van der Waals surface area (Å²) in [7, 11) is 0. The molecule has 0 amide bonds. The highest BCUT2D eigenvalue weighted by Gasteiger charge is 2.03. The van der Waals surface area contributed by atoms with Crippen molar-refractivity contribution in [1.29, 1.82) is 0 Å². The van der Waals surface area contributed by atoms with E-state index in [-0.39, 0.29) is 0 Å². The van der Waals surface area contributed by atoms with Crippen molar-refractivity contribution in [3.05, 3.63) is 11.8 Å². The Labute approximate surface area is 78.7 Å². The predicted molar refractivity (Wildman–Crippen MR) is 50.3 cm³/mol. The smallest absolute Gasteiger partial charge is 0.230 e. The van der Waals surface area contributed by atoms with Crippen molar-refractivity contribution < 1.29 is 4.42 Å². The van der Waals surface area contributed by atoms with E-state index in [1.54, 1.807) is 0 Å². The Kier molecular flexibility index (Phi) is 4.46. The maximum absolute atomic E-state index is 5.40. The Bertz CT molecular complexity index is 212. The maximum atomic E-state index is 5.40. The molecule has 0 atom stereocenters. The lowest BCUT2D eigenvalue weighted by Crippen LogP contribution is -2.11. The van der Waals surface area contributed by atoms with Crippen molar-refractivity contribution in [3.8, 4) is 0 Å². The highest BCUT2D eigenvalue weighted by molar-refractivity contribution is 4.81. The van der Waals surface area contributed by atoms with Crippen molar-refractivity contribution >= 4 is 0 Å². The molecule has 1 aromatic rings. The second-order valence-corrected chi connectivity index (χ2v) is 2.97. The van der Waals surface area contributed by atoms with Crippen molar-refractivity contribution in [1.82, 2.24) is 15.5 Å². The summed E-state index contributed by atoms with van der Waals surface area (Å²) in [6, 6.07) is 0. The van der Waals surface area contributed by atoms with Gasteiger partial charge in [0.1, 0.15) is 0 Å². The van der Waals surface area contributed by atoms with Crippen LogP contribution in [0.25, 0.3) is 0 Å². The van der Waals surface area contributed by atoms with Gasteiger partial charge in [-0.25, -0.2) is 0 Å². The predicted octanol–water partition coefficient (Wildman–Crippen LogP) is 1.52. The first kappa shape index (κ1) is 10.2. The van der Waals surface area contributed by atoms with Crippen LogP contribution in [0.1, 0.15) is 38.5 Å². The molecule has 0 aromatic carbocycles. The summed E-state index contributed by atoms with van der Waals surface area (Å²) in [6.07, 6.45) is 3.17. The van der Waals surface area contributed by atoms with Gasteiger partial charge in [0.25, 0.3) is 0 Å². The molecule has 0 bridgehead atoms. The Balaban J connectivity index is 2.34. The lowest BCUT2D eigenvalue weighted by molar-refractivity contribution is 0.430. The van der Waals surface area contributed by atoms with Crippen LogP contribution in [0.5, 0.6) is 0 Å². The van der Waals surface area contributed by atoms with E-state index in [9.17, 15) is 0 Å². The molecule has 4 nitrogen and oxygen atoms in total. The van der Waals surface area contributed by atoms with Crippen LogP contribution in [-0.4, -0.2) is 16.7 Å². The van der Waals surface area contributed by atoms with E-state index < -0.39 is 0 Å². The molecular weight excluding hydrogens is 166 g/mol. The Morgan fingerprint density at radius 3 is 2.69 bits per heavy atom. The molecule has 0 aliphatic carbocycles. The summed E-state index contributed by atoms with van der Waals surface area (Å²) in [5, 5.41) is 11.0. The topological polar surface area (TPSA) is 51.0 Å². The number of aromatic nitrogens is 2. The fraction of sp³-hybridized carbons (Fsp3) is 0.778. The van der Waals surface area contributed by atoms with E-state index in [0.29, 0.717) is 12.4 Å². The molecule has 0 spiro atoms. The van der Waals surface area contributed by atoms with Crippen LogP contribution in [0.15, 0.2) is 4.42 Å². The standard InChI is InChI=1S/C9H17N3O/c1-3-5-6-8-11-12-9(13-8)7-10-4-2/h10H,3-7H2,1-2H3. The van der Waals surface area contributed by atoms with Gasteiger partial charge < -0.3 is 9.73 Å². The third-order valence-electron chi connectivity index (χ3n) is 1.78. The number of nitrogens with zero attached hydrogens (tertiary/aromatic N) is 2. The minimum absolute atomic E-state index is 0.676. The fourth-order valence-corrected chi connectivity index (χ4v) is 1.02. The zero-order valence-corrected chi connectivity index (χ0v) is 8.34. The van der Waals surface area contributed by atoms with Gasteiger partial charge in [-0.05, 0) is 13.0 Å². The van der Waals surface area contributed by atoms with Crippen molar-refractivity contribution in [2.24, 2.45) is 0 Å². The molecule has 0 fully saturated rings. The first-order valence-electron chi connectivity index (χ1n) is 4.88. The molecule has 4 heteroatoms. The minimum atomic E-state index is 0.676. The summed E-state index contributed by atoms with van der Waals surface area (Å²) >= 11 is 0. The SMILES string of the molecule is CCCCc1nnc(CNCC)o1. The van der Waals surface area contributed by atoms with E-state index in [4.69, 9.17) is 4.42 Å². The molecule has 0 saturated heterocycles. The second kappa shape index (κ2) is 5.70. The number of unbranched alkanes of at least 4 members (excludes halogenated alkanes) is 1. The van der Waals surface area contributed by atoms with Crippen LogP contribution in [0.2, 0.25) is 0 Å². The second-order valence-electron chi connectivity index (χ2n) is 2.97. The van der Waals surface area contributed by atoms with Crippen molar-refractivity contribution in [2.45, 2.75) is 39.7 Å². The van der Waals surface area contributed by atoms with Crippen molar-refractivity contribution in [2.75, 3.05) is 6.54 Å². The molecule has 1 rings (SSSR count). The van der Waals surface area contributed by atoms with Crippen molar-refractivity contribution in [3.63, 3.8) is 0 Å². The zero-order valence-electron chi connectivity index (χ0n) is 8.34. The van der Waals surface area contributed by atoms with Gasteiger partial charge >= 0.3 is 0 Å². The van der Waals surface area contributed by atoms with Gasteiger partial charge in [0, 0.05) is 6.42 Å². The zero-order chi connectivity index (χ0) is 9.52. The monoisotopic (exact) mass is 183 g/mol. The average molecular weight is 183 g/mol. The van der Waals surface area contributed by atoms with E-state index >= 15 is 0 Å². The molecule has 1 aromatic heterocycles. The van der Waals surface area contributed by atoms with Gasteiger partial charge in [-0.2, -0.15) is 0 Å². The Morgan fingerprint density at radius 1 is 1.23 bits per heavy atom. The Morgan fingerprint density at radius 2 is 2.00 bits per heavy atom. The van der Waals surface area contributed by atoms with E-state index in [0.717, 1.165) is 31.7 Å². The first-order chi connectivity index (χ1) is 6.36. The fourth-order valence-electron chi connectivity index (χ4n) is 1.02. The molecule has 0 radical (unpaired) electrons. The van der Waals surface area contributed by atoms with Crippen LogP contribution in [0.4, 0.5) is 0 Å². The summed E-state index contributed by atoms with van der Waals surface area (Å²) in [5.74, 6) is 1.45. The molecule has 13 heavy (non-hydrogen) atoms. The summed E-state index contributed by atoms with van der Waals surface area (Å²) in [4.78, 5) is 0. The molecule has 0 unspecified atom stereocenters. The van der Waals surface area contributed by atoms with E-state index in [1.165, 1.54) is 0 Å². The van der Waals surface area contributed by atoms with Gasteiger partial charge in [-0.3, -0.25) is 0 Å². The van der Waals surface area contributed by atoms with E-state index in [1.807, 2.05) is 6.92 Å². The van der Waals surface area contributed by atoms with Crippen LogP contribution in [-0.2, 0) is 13.0 Å². The molecule has 1 heterocycles. The molecule has 0 aliphatic heterocycles. The van der Waals surface area contributed by atoms with Gasteiger partial charge in [-0.15, -0.1) is 10.2 Å². The van der Waals surface area contributed by atoms with Crippen LogP contribution in [0.3, 0.4) is 0 Å². The summed E-state index contributed by atoms with van der Waals surface area (Å²) in [6.45, 7) is 5.80. The highest BCUT2D eigenvalue weighted by Crippen LogP contribution is 2.03. The third kappa shape index (κ3) is 3.55. The van der Waals surface area contributed by atoms with Crippen LogP contribution in [0, 0.1) is 0 Å².